The van der Waals surface area contributed by atoms with Crippen LogP contribution in [-0.2, 0) is 11.3 Å². The summed E-state index contributed by atoms with van der Waals surface area (Å²) in [6.45, 7) is 7.84. The van der Waals surface area contributed by atoms with E-state index in [4.69, 9.17) is 0 Å². The Morgan fingerprint density at radius 1 is 1.39 bits per heavy atom. The molecule has 1 heterocycles. The van der Waals surface area contributed by atoms with Gasteiger partial charge in [-0.05, 0) is 49.4 Å². The van der Waals surface area contributed by atoms with E-state index < -0.39 is 5.97 Å². The fraction of sp³-hybridized carbons (Fsp3) is 0.533. The SMILES string of the molecule is Cc1ccc(CN2CCC(C)C2C(=O)O)cc1C. The van der Waals surface area contributed by atoms with Gasteiger partial charge in [-0.2, -0.15) is 0 Å². The predicted octanol–water partition coefficient (Wildman–Crippen LogP) is 2.60. The molecule has 0 aliphatic carbocycles. The maximum atomic E-state index is 11.3. The maximum Gasteiger partial charge on any atom is 0.321 e. The van der Waals surface area contributed by atoms with Gasteiger partial charge in [-0.25, -0.2) is 0 Å². The number of aliphatic carboxylic acids is 1. The first-order chi connectivity index (χ1) is 8.49. The van der Waals surface area contributed by atoms with Crippen LogP contribution in [0.2, 0.25) is 0 Å². The number of nitrogens with zero attached hydrogens (tertiary/aromatic N) is 1. The molecule has 2 unspecified atom stereocenters. The predicted molar refractivity (Wildman–Crippen MR) is 71.5 cm³/mol. The molecule has 1 aliphatic rings. The molecule has 0 bridgehead atoms. The van der Waals surface area contributed by atoms with Crippen molar-refractivity contribution in [2.75, 3.05) is 6.54 Å². The van der Waals surface area contributed by atoms with Crippen LogP contribution < -0.4 is 0 Å². The van der Waals surface area contributed by atoms with Crippen LogP contribution in [0, 0.1) is 19.8 Å². The molecule has 1 aromatic carbocycles. The van der Waals surface area contributed by atoms with E-state index in [1.54, 1.807) is 0 Å². The molecular weight excluding hydrogens is 226 g/mol. The van der Waals surface area contributed by atoms with E-state index in [-0.39, 0.29) is 12.0 Å². The molecule has 0 spiro atoms. The number of aryl methyl sites for hydroxylation is 2. The van der Waals surface area contributed by atoms with E-state index in [9.17, 15) is 9.90 Å². The summed E-state index contributed by atoms with van der Waals surface area (Å²) in [6, 6.07) is 6.05. The average Bonchev–Trinajstić information content (AvgIpc) is 2.65. The fourth-order valence-electron chi connectivity index (χ4n) is 2.74. The third-order valence-corrected chi connectivity index (χ3v) is 4.01. The number of carboxylic acids is 1. The number of hydrogen-bond donors (Lipinski definition) is 1. The van der Waals surface area contributed by atoms with Crippen LogP contribution in [0.15, 0.2) is 18.2 Å². The minimum absolute atomic E-state index is 0.244. The molecule has 0 aromatic heterocycles. The number of carboxylic acid groups (broad SMARTS) is 1. The van der Waals surface area contributed by atoms with E-state index in [1.165, 1.54) is 16.7 Å². The third kappa shape index (κ3) is 2.56. The average molecular weight is 247 g/mol. The van der Waals surface area contributed by atoms with Crippen molar-refractivity contribution in [2.45, 2.75) is 39.8 Å². The lowest BCUT2D eigenvalue weighted by molar-refractivity contribution is -0.143. The molecule has 1 aliphatic heterocycles. The van der Waals surface area contributed by atoms with Gasteiger partial charge in [-0.15, -0.1) is 0 Å². The van der Waals surface area contributed by atoms with Gasteiger partial charge >= 0.3 is 5.97 Å². The standard InChI is InChI=1S/C15H21NO2/c1-10-4-5-13(8-12(10)3)9-16-7-6-11(2)14(16)15(17)18/h4-5,8,11,14H,6-7,9H2,1-3H3,(H,17,18). The van der Waals surface area contributed by atoms with Crippen molar-refractivity contribution in [3.05, 3.63) is 34.9 Å². The fourth-order valence-corrected chi connectivity index (χ4v) is 2.74. The summed E-state index contributed by atoms with van der Waals surface area (Å²) in [4.78, 5) is 13.4. The molecule has 0 radical (unpaired) electrons. The normalized spacial score (nSPS) is 24.4. The van der Waals surface area contributed by atoms with Crippen molar-refractivity contribution >= 4 is 5.97 Å². The van der Waals surface area contributed by atoms with Crippen LogP contribution in [0.25, 0.3) is 0 Å². The molecule has 3 heteroatoms. The second-order valence-electron chi connectivity index (χ2n) is 5.44. The van der Waals surface area contributed by atoms with Crippen LogP contribution in [-0.4, -0.2) is 28.6 Å². The van der Waals surface area contributed by atoms with Crippen molar-refractivity contribution in [3.63, 3.8) is 0 Å². The topological polar surface area (TPSA) is 40.5 Å². The summed E-state index contributed by atoms with van der Waals surface area (Å²) in [5.41, 5.74) is 3.76. The van der Waals surface area contributed by atoms with Crippen LogP contribution in [0.4, 0.5) is 0 Å². The zero-order valence-electron chi connectivity index (χ0n) is 11.3. The molecule has 1 N–H and O–H groups in total. The van der Waals surface area contributed by atoms with Gasteiger partial charge in [0, 0.05) is 6.54 Å². The molecule has 0 amide bonds. The van der Waals surface area contributed by atoms with Gasteiger partial charge in [0.1, 0.15) is 6.04 Å². The minimum Gasteiger partial charge on any atom is -0.480 e. The van der Waals surface area contributed by atoms with Crippen LogP contribution in [0.5, 0.6) is 0 Å². The van der Waals surface area contributed by atoms with E-state index in [1.807, 2.05) is 6.92 Å². The highest BCUT2D eigenvalue weighted by atomic mass is 16.4. The Morgan fingerprint density at radius 2 is 2.11 bits per heavy atom. The van der Waals surface area contributed by atoms with Gasteiger partial charge in [0.25, 0.3) is 0 Å². The first-order valence-corrected chi connectivity index (χ1v) is 6.52. The summed E-state index contributed by atoms with van der Waals surface area (Å²) >= 11 is 0. The summed E-state index contributed by atoms with van der Waals surface area (Å²) in [5, 5.41) is 9.29. The number of carbonyl (C=O) groups is 1. The van der Waals surface area contributed by atoms with Crippen LogP contribution in [0.3, 0.4) is 0 Å². The molecule has 1 saturated heterocycles. The molecule has 3 nitrogen and oxygen atoms in total. The van der Waals surface area contributed by atoms with E-state index in [2.05, 4.69) is 36.9 Å². The first-order valence-electron chi connectivity index (χ1n) is 6.52. The molecule has 2 rings (SSSR count). The molecule has 98 valence electrons. The lowest BCUT2D eigenvalue weighted by Gasteiger charge is -2.23. The molecular formula is C15H21NO2. The highest BCUT2D eigenvalue weighted by Crippen LogP contribution is 2.26. The Labute approximate surface area is 108 Å². The van der Waals surface area contributed by atoms with Gasteiger partial charge in [0.15, 0.2) is 0 Å². The molecule has 2 atom stereocenters. The van der Waals surface area contributed by atoms with E-state index in [0.717, 1.165) is 19.5 Å². The Hall–Kier alpha value is -1.35. The third-order valence-electron chi connectivity index (χ3n) is 4.01. The zero-order chi connectivity index (χ0) is 13.3. The summed E-state index contributed by atoms with van der Waals surface area (Å²) < 4.78 is 0. The lowest BCUT2D eigenvalue weighted by Crippen LogP contribution is -2.38. The smallest absolute Gasteiger partial charge is 0.321 e. The van der Waals surface area contributed by atoms with Gasteiger partial charge in [-0.1, -0.05) is 25.1 Å². The Balaban J connectivity index is 2.13. The number of benzene rings is 1. The largest absolute Gasteiger partial charge is 0.480 e. The number of rotatable bonds is 3. The van der Waals surface area contributed by atoms with Crippen LogP contribution in [0.1, 0.15) is 30.0 Å². The minimum atomic E-state index is -0.691. The highest BCUT2D eigenvalue weighted by molar-refractivity contribution is 5.74. The van der Waals surface area contributed by atoms with Crippen molar-refractivity contribution in [1.29, 1.82) is 0 Å². The summed E-state index contributed by atoms with van der Waals surface area (Å²) in [5.74, 6) is -0.446. The zero-order valence-corrected chi connectivity index (χ0v) is 11.3. The number of hydrogen-bond acceptors (Lipinski definition) is 2. The monoisotopic (exact) mass is 247 g/mol. The Morgan fingerprint density at radius 3 is 2.72 bits per heavy atom. The highest BCUT2D eigenvalue weighted by Gasteiger charge is 2.36. The van der Waals surface area contributed by atoms with Gasteiger partial charge in [0.2, 0.25) is 0 Å². The molecule has 1 fully saturated rings. The van der Waals surface area contributed by atoms with Gasteiger partial charge in [0.05, 0.1) is 0 Å². The van der Waals surface area contributed by atoms with Crippen molar-refractivity contribution in [1.82, 2.24) is 4.90 Å². The van der Waals surface area contributed by atoms with Gasteiger partial charge < -0.3 is 5.11 Å². The van der Waals surface area contributed by atoms with Crippen molar-refractivity contribution < 1.29 is 9.90 Å². The molecule has 18 heavy (non-hydrogen) atoms. The van der Waals surface area contributed by atoms with Crippen LogP contribution >= 0.6 is 0 Å². The second-order valence-corrected chi connectivity index (χ2v) is 5.44. The van der Waals surface area contributed by atoms with E-state index in [0.29, 0.717) is 0 Å². The maximum absolute atomic E-state index is 11.3. The number of likely N-dealkylation sites (tertiary alicyclic amines) is 1. The molecule has 0 saturated carbocycles. The Kier molecular flexibility index (Phi) is 3.71. The second kappa shape index (κ2) is 5.11. The Bertz CT molecular complexity index is 456. The first kappa shape index (κ1) is 13.1. The quantitative estimate of drug-likeness (QED) is 0.892. The van der Waals surface area contributed by atoms with Gasteiger partial charge in [-0.3, -0.25) is 9.69 Å². The lowest BCUT2D eigenvalue weighted by atomic mass is 10.0. The summed E-state index contributed by atoms with van der Waals surface area (Å²) in [6.07, 6.45) is 0.974. The summed E-state index contributed by atoms with van der Waals surface area (Å²) in [7, 11) is 0. The van der Waals surface area contributed by atoms with Crippen molar-refractivity contribution in [2.24, 2.45) is 5.92 Å². The van der Waals surface area contributed by atoms with E-state index >= 15 is 0 Å². The molecule has 1 aromatic rings. The van der Waals surface area contributed by atoms with Crippen molar-refractivity contribution in [3.8, 4) is 0 Å².